The van der Waals surface area contributed by atoms with E-state index in [1.165, 1.54) is 12.8 Å². The molecule has 1 saturated carbocycles. The zero-order chi connectivity index (χ0) is 22.2. The van der Waals surface area contributed by atoms with Crippen LogP contribution >= 0.6 is 0 Å². The summed E-state index contributed by atoms with van der Waals surface area (Å²) in [6, 6.07) is 6.21. The second-order valence-electron chi connectivity index (χ2n) is 8.21. The van der Waals surface area contributed by atoms with Crippen LogP contribution in [0.5, 0.6) is 11.5 Å². The lowest BCUT2D eigenvalue weighted by Gasteiger charge is -2.25. The van der Waals surface area contributed by atoms with Gasteiger partial charge in [0.05, 0.1) is 25.5 Å². The molecule has 1 heterocycles. The molecule has 0 amide bonds. The van der Waals surface area contributed by atoms with Crippen molar-refractivity contribution in [3.8, 4) is 11.5 Å². The lowest BCUT2D eigenvalue weighted by molar-refractivity contribution is 0.198. The molecule has 3 rings (SSSR count). The van der Waals surface area contributed by atoms with Crippen molar-refractivity contribution in [1.29, 1.82) is 0 Å². The van der Waals surface area contributed by atoms with E-state index in [9.17, 15) is 0 Å². The van der Waals surface area contributed by atoms with Gasteiger partial charge in [-0.15, -0.1) is 0 Å². The van der Waals surface area contributed by atoms with Crippen LogP contribution in [0, 0.1) is 0 Å². The van der Waals surface area contributed by atoms with Crippen molar-refractivity contribution in [3.05, 3.63) is 41.7 Å². The van der Waals surface area contributed by atoms with E-state index in [4.69, 9.17) is 9.47 Å². The maximum absolute atomic E-state index is 6.34. The molecule has 1 unspecified atom stereocenters. The van der Waals surface area contributed by atoms with Crippen LogP contribution in [0.15, 0.2) is 35.6 Å². The number of hydrogen-bond acceptors (Lipinski definition) is 5. The predicted octanol–water partition coefficient (Wildman–Crippen LogP) is 2.72. The Morgan fingerprint density at radius 1 is 1.29 bits per heavy atom. The number of benzene rings is 1. The molecule has 1 aliphatic carbocycles. The van der Waals surface area contributed by atoms with Gasteiger partial charge in [-0.3, -0.25) is 9.67 Å². The maximum atomic E-state index is 6.34. The summed E-state index contributed by atoms with van der Waals surface area (Å²) in [6.07, 6.45) is 8.90. The van der Waals surface area contributed by atoms with Crippen molar-refractivity contribution in [2.45, 2.75) is 44.4 Å². The van der Waals surface area contributed by atoms with E-state index in [2.05, 4.69) is 45.8 Å². The monoisotopic (exact) mass is 428 g/mol. The lowest BCUT2D eigenvalue weighted by Crippen LogP contribution is -2.41. The molecule has 1 aromatic heterocycles. The summed E-state index contributed by atoms with van der Waals surface area (Å²) >= 11 is 0. The number of rotatable bonds is 9. The molecule has 2 N–H and O–H groups in total. The Bertz CT molecular complexity index is 858. The summed E-state index contributed by atoms with van der Waals surface area (Å²) in [6.45, 7) is 1.31. The molecule has 170 valence electrons. The van der Waals surface area contributed by atoms with Crippen LogP contribution < -0.4 is 20.1 Å². The Kier molecular flexibility index (Phi) is 8.17. The minimum absolute atomic E-state index is 0.185. The molecule has 1 fully saturated rings. The summed E-state index contributed by atoms with van der Waals surface area (Å²) in [5.74, 6) is 2.35. The molecule has 0 aliphatic heterocycles. The molecule has 1 aromatic carbocycles. The largest absolute Gasteiger partial charge is 0.493 e. The maximum Gasteiger partial charge on any atom is 0.191 e. The van der Waals surface area contributed by atoms with Crippen LogP contribution in [0.1, 0.15) is 42.9 Å². The summed E-state index contributed by atoms with van der Waals surface area (Å²) < 4.78 is 13.7. The fraction of sp³-hybridized carbons (Fsp3) is 0.565. The SMILES string of the molecule is CN=C(NCc1cccc(OC)c1OC1CCCC1)NCC(c1cnn(C)c1)N(C)C. The van der Waals surface area contributed by atoms with E-state index in [0.717, 1.165) is 41.4 Å². The number of methoxy groups -OCH3 is 1. The number of para-hydroxylation sites is 1. The number of hydrogen-bond donors (Lipinski definition) is 2. The van der Waals surface area contributed by atoms with E-state index in [-0.39, 0.29) is 12.1 Å². The average molecular weight is 429 g/mol. The molecule has 8 nitrogen and oxygen atoms in total. The van der Waals surface area contributed by atoms with Gasteiger partial charge in [0.2, 0.25) is 0 Å². The predicted molar refractivity (Wildman–Crippen MR) is 124 cm³/mol. The zero-order valence-electron chi connectivity index (χ0n) is 19.4. The van der Waals surface area contributed by atoms with Gasteiger partial charge in [0, 0.05) is 44.5 Å². The normalized spacial score (nSPS) is 15.9. The number of guanidine groups is 1. The first-order valence-corrected chi connectivity index (χ1v) is 10.9. The molecular formula is C23H36N6O2. The fourth-order valence-corrected chi connectivity index (χ4v) is 3.97. The van der Waals surface area contributed by atoms with Crippen LogP contribution in [-0.4, -0.2) is 61.5 Å². The first-order chi connectivity index (χ1) is 15.0. The van der Waals surface area contributed by atoms with Crippen molar-refractivity contribution < 1.29 is 9.47 Å². The van der Waals surface area contributed by atoms with E-state index in [0.29, 0.717) is 13.1 Å². The van der Waals surface area contributed by atoms with Crippen LogP contribution in [0.3, 0.4) is 0 Å². The van der Waals surface area contributed by atoms with Crippen LogP contribution in [0.2, 0.25) is 0 Å². The van der Waals surface area contributed by atoms with Crippen LogP contribution in [0.4, 0.5) is 0 Å². The van der Waals surface area contributed by atoms with Crippen LogP contribution in [-0.2, 0) is 13.6 Å². The molecule has 1 aliphatic rings. The summed E-state index contributed by atoms with van der Waals surface area (Å²) in [4.78, 5) is 6.57. The Hall–Kier alpha value is -2.74. The highest BCUT2D eigenvalue weighted by molar-refractivity contribution is 5.79. The molecule has 8 heteroatoms. The van der Waals surface area contributed by atoms with Crippen molar-refractivity contribution >= 4 is 5.96 Å². The number of nitrogens with zero attached hydrogens (tertiary/aromatic N) is 4. The van der Waals surface area contributed by atoms with Gasteiger partial charge in [0.1, 0.15) is 0 Å². The molecule has 0 bridgehead atoms. The first-order valence-electron chi connectivity index (χ1n) is 10.9. The first kappa shape index (κ1) is 22.9. The van der Waals surface area contributed by atoms with Gasteiger partial charge < -0.3 is 25.0 Å². The summed E-state index contributed by atoms with van der Waals surface area (Å²) in [7, 11) is 9.54. The van der Waals surface area contributed by atoms with E-state index >= 15 is 0 Å². The lowest BCUT2D eigenvalue weighted by atomic mass is 10.1. The minimum atomic E-state index is 0.185. The molecule has 0 radical (unpaired) electrons. The second kappa shape index (κ2) is 11.0. The van der Waals surface area contributed by atoms with Gasteiger partial charge in [-0.1, -0.05) is 12.1 Å². The average Bonchev–Trinajstić information content (AvgIpc) is 3.42. The Morgan fingerprint density at radius 2 is 2.06 bits per heavy atom. The summed E-state index contributed by atoms with van der Waals surface area (Å²) in [5.41, 5.74) is 2.22. The fourth-order valence-electron chi connectivity index (χ4n) is 3.97. The zero-order valence-corrected chi connectivity index (χ0v) is 19.4. The van der Waals surface area contributed by atoms with Gasteiger partial charge >= 0.3 is 0 Å². The Labute approximate surface area is 185 Å². The van der Waals surface area contributed by atoms with Crippen LogP contribution in [0.25, 0.3) is 0 Å². The van der Waals surface area contributed by atoms with E-state index < -0.39 is 0 Å². The Morgan fingerprint density at radius 3 is 2.68 bits per heavy atom. The minimum Gasteiger partial charge on any atom is -0.493 e. The quantitative estimate of drug-likeness (QED) is 0.473. The van der Waals surface area contributed by atoms with Gasteiger partial charge in [-0.25, -0.2) is 0 Å². The van der Waals surface area contributed by atoms with Gasteiger partial charge in [0.15, 0.2) is 17.5 Å². The highest BCUT2D eigenvalue weighted by Crippen LogP contribution is 2.34. The third-order valence-corrected chi connectivity index (χ3v) is 5.73. The number of nitrogens with one attached hydrogen (secondary N) is 2. The third-order valence-electron chi connectivity index (χ3n) is 5.73. The number of aromatic nitrogens is 2. The second-order valence-corrected chi connectivity index (χ2v) is 8.21. The van der Waals surface area contributed by atoms with E-state index in [1.54, 1.807) is 14.2 Å². The molecule has 0 spiro atoms. The topological polar surface area (TPSA) is 75.9 Å². The smallest absolute Gasteiger partial charge is 0.191 e. The molecule has 0 saturated heterocycles. The molecular weight excluding hydrogens is 392 g/mol. The highest BCUT2D eigenvalue weighted by Gasteiger charge is 2.21. The molecule has 2 aromatic rings. The third kappa shape index (κ3) is 6.13. The summed E-state index contributed by atoms with van der Waals surface area (Å²) in [5, 5.41) is 11.2. The highest BCUT2D eigenvalue weighted by atomic mass is 16.5. The number of likely N-dealkylation sites (N-methyl/N-ethyl adjacent to an activating group) is 1. The van der Waals surface area contributed by atoms with Crippen molar-refractivity contribution in [2.75, 3.05) is 34.8 Å². The van der Waals surface area contributed by atoms with Crippen molar-refractivity contribution in [1.82, 2.24) is 25.3 Å². The number of aliphatic imine (C=N–C) groups is 1. The van der Waals surface area contributed by atoms with Gasteiger partial charge in [-0.2, -0.15) is 5.10 Å². The van der Waals surface area contributed by atoms with Gasteiger partial charge in [0.25, 0.3) is 0 Å². The molecule has 1 atom stereocenters. The van der Waals surface area contributed by atoms with Crippen molar-refractivity contribution in [2.24, 2.45) is 12.0 Å². The molecule has 31 heavy (non-hydrogen) atoms. The van der Waals surface area contributed by atoms with Crippen molar-refractivity contribution in [3.63, 3.8) is 0 Å². The van der Waals surface area contributed by atoms with E-state index in [1.807, 2.05) is 36.3 Å². The standard InChI is InChI=1S/C23H36N6O2/c1-24-23(26-15-20(28(2)3)18-14-27-29(4)16-18)25-13-17-9-8-12-21(30-5)22(17)31-19-10-6-7-11-19/h8-9,12,14,16,19-20H,6-7,10-11,13,15H2,1-5H3,(H2,24,25,26). The number of ether oxygens (including phenoxy) is 2. The van der Waals surface area contributed by atoms with Gasteiger partial charge in [-0.05, 0) is 45.8 Å². The number of aryl methyl sites for hydroxylation is 1. The Balaban J connectivity index is 1.63.